The molecule has 0 bridgehead atoms. The predicted molar refractivity (Wildman–Crippen MR) is 84.0 cm³/mol. The molecule has 1 unspecified atom stereocenters. The number of amides is 2. The molecule has 21 heavy (non-hydrogen) atoms. The van der Waals surface area contributed by atoms with Gasteiger partial charge in [-0.1, -0.05) is 26.0 Å². The van der Waals surface area contributed by atoms with Crippen LogP contribution in [0.3, 0.4) is 0 Å². The Hall–Kier alpha value is -1.68. The topological polar surface area (TPSA) is 49.4 Å². The summed E-state index contributed by atoms with van der Waals surface area (Å²) in [6.45, 7) is 6.03. The molecule has 0 aliphatic carbocycles. The Balaban J connectivity index is 2.30. The van der Waals surface area contributed by atoms with E-state index in [2.05, 4.69) is 12.2 Å². The summed E-state index contributed by atoms with van der Waals surface area (Å²) in [5.41, 5.74) is 1.31. The number of rotatable bonds is 5. The number of hydrogen-bond acceptors (Lipinski definition) is 3. The Morgan fingerprint density at radius 3 is 2.19 bits per heavy atom. The van der Waals surface area contributed by atoms with Gasteiger partial charge in [0.15, 0.2) is 0 Å². The van der Waals surface area contributed by atoms with Gasteiger partial charge < -0.3 is 5.32 Å². The van der Waals surface area contributed by atoms with Crippen molar-refractivity contribution in [2.75, 3.05) is 11.9 Å². The second-order valence-corrected chi connectivity index (χ2v) is 5.80. The Morgan fingerprint density at radius 2 is 1.76 bits per heavy atom. The van der Waals surface area contributed by atoms with Crippen molar-refractivity contribution in [3.8, 4) is 0 Å². The summed E-state index contributed by atoms with van der Waals surface area (Å²) in [6, 6.07) is 7.90. The molecule has 1 aromatic carbocycles. The quantitative estimate of drug-likeness (QED) is 0.847. The van der Waals surface area contributed by atoms with E-state index in [-0.39, 0.29) is 17.9 Å². The maximum absolute atomic E-state index is 12.7. The lowest BCUT2D eigenvalue weighted by Crippen LogP contribution is -2.35. The van der Waals surface area contributed by atoms with E-state index in [0.29, 0.717) is 24.9 Å². The van der Waals surface area contributed by atoms with Crippen molar-refractivity contribution in [3.63, 3.8) is 0 Å². The van der Waals surface area contributed by atoms with Crippen molar-refractivity contribution in [3.05, 3.63) is 29.8 Å². The summed E-state index contributed by atoms with van der Waals surface area (Å²) < 4.78 is 0. The van der Waals surface area contributed by atoms with E-state index in [1.165, 1.54) is 4.90 Å². The minimum Gasteiger partial charge on any atom is -0.313 e. The number of nitrogens with one attached hydrogen (secondary N) is 1. The molecule has 0 radical (unpaired) electrons. The normalized spacial score (nSPS) is 19.1. The van der Waals surface area contributed by atoms with E-state index >= 15 is 0 Å². The third-order valence-electron chi connectivity index (χ3n) is 4.83. The van der Waals surface area contributed by atoms with Crippen LogP contribution in [0.5, 0.6) is 0 Å². The Labute approximate surface area is 126 Å². The molecule has 2 rings (SSSR count). The second-order valence-electron chi connectivity index (χ2n) is 5.80. The number of nitrogens with zero attached hydrogens (tertiary/aromatic N) is 1. The van der Waals surface area contributed by atoms with Crippen LogP contribution in [0.2, 0.25) is 0 Å². The minimum atomic E-state index is -0.506. The number of carbonyl (C=O) groups excluding carboxylic acids is 2. The fourth-order valence-corrected chi connectivity index (χ4v) is 2.94. The first-order valence-corrected chi connectivity index (χ1v) is 7.63. The highest BCUT2D eigenvalue weighted by molar-refractivity contribution is 6.22. The van der Waals surface area contributed by atoms with Crippen molar-refractivity contribution in [2.45, 2.75) is 46.1 Å². The average molecular weight is 288 g/mol. The SMILES string of the molecule is CCC1(CC)CC(=O)N(c2ccc(C(C)NC)cc2)C1=O. The van der Waals surface area contributed by atoms with Crippen LogP contribution in [-0.4, -0.2) is 18.9 Å². The summed E-state index contributed by atoms with van der Waals surface area (Å²) in [5.74, 6) is -0.134. The smallest absolute Gasteiger partial charge is 0.240 e. The van der Waals surface area contributed by atoms with Crippen molar-refractivity contribution < 1.29 is 9.59 Å². The molecule has 0 aromatic heterocycles. The highest BCUT2D eigenvalue weighted by atomic mass is 16.2. The highest BCUT2D eigenvalue weighted by Crippen LogP contribution is 2.41. The largest absolute Gasteiger partial charge is 0.313 e. The van der Waals surface area contributed by atoms with Crippen LogP contribution in [0, 0.1) is 5.41 Å². The molecular weight excluding hydrogens is 264 g/mol. The zero-order valence-corrected chi connectivity index (χ0v) is 13.3. The number of hydrogen-bond donors (Lipinski definition) is 1. The van der Waals surface area contributed by atoms with Gasteiger partial charge in [0.05, 0.1) is 11.1 Å². The molecule has 1 saturated heterocycles. The second kappa shape index (κ2) is 5.98. The summed E-state index contributed by atoms with van der Waals surface area (Å²) in [6.07, 6.45) is 1.74. The van der Waals surface area contributed by atoms with Gasteiger partial charge in [-0.15, -0.1) is 0 Å². The molecule has 4 nitrogen and oxygen atoms in total. The monoisotopic (exact) mass is 288 g/mol. The summed E-state index contributed by atoms with van der Waals surface area (Å²) in [7, 11) is 1.91. The first-order valence-electron chi connectivity index (χ1n) is 7.63. The summed E-state index contributed by atoms with van der Waals surface area (Å²) in [4.78, 5) is 26.3. The fourth-order valence-electron chi connectivity index (χ4n) is 2.94. The summed E-state index contributed by atoms with van der Waals surface area (Å²) >= 11 is 0. The molecule has 1 fully saturated rings. The standard InChI is InChI=1S/C17H24N2O2/c1-5-17(6-2)11-15(20)19(16(17)21)14-9-7-13(8-10-14)12(3)18-4/h7-10,12,18H,5-6,11H2,1-4H3. The van der Waals surface area contributed by atoms with Crippen molar-refractivity contribution >= 4 is 17.5 Å². The van der Waals surface area contributed by atoms with Gasteiger partial charge >= 0.3 is 0 Å². The van der Waals surface area contributed by atoms with Crippen LogP contribution < -0.4 is 10.2 Å². The van der Waals surface area contributed by atoms with Crippen LogP contribution in [0.4, 0.5) is 5.69 Å². The molecule has 1 aliphatic heterocycles. The van der Waals surface area contributed by atoms with Crippen LogP contribution in [0.1, 0.15) is 51.6 Å². The van der Waals surface area contributed by atoms with Gasteiger partial charge in [0, 0.05) is 12.5 Å². The maximum Gasteiger partial charge on any atom is 0.240 e. The zero-order chi connectivity index (χ0) is 15.6. The molecular formula is C17H24N2O2. The molecule has 1 heterocycles. The third kappa shape index (κ3) is 2.60. The molecule has 1 aliphatic rings. The maximum atomic E-state index is 12.7. The van der Waals surface area contributed by atoms with Gasteiger partial charge in [0.2, 0.25) is 11.8 Å². The Kier molecular flexibility index (Phi) is 4.47. The van der Waals surface area contributed by atoms with Gasteiger partial charge in [-0.2, -0.15) is 0 Å². The lowest BCUT2D eigenvalue weighted by molar-refractivity contribution is -0.126. The molecule has 2 amide bonds. The lowest BCUT2D eigenvalue weighted by atomic mass is 9.81. The van der Waals surface area contributed by atoms with Crippen molar-refractivity contribution in [2.24, 2.45) is 5.41 Å². The van der Waals surface area contributed by atoms with Crippen LogP contribution in [0.15, 0.2) is 24.3 Å². The molecule has 1 N–H and O–H groups in total. The van der Waals surface area contributed by atoms with E-state index < -0.39 is 5.41 Å². The predicted octanol–water partition coefficient (Wildman–Crippen LogP) is 3.04. The Bertz CT molecular complexity index is 532. The Morgan fingerprint density at radius 1 is 1.19 bits per heavy atom. The van der Waals surface area contributed by atoms with Gasteiger partial charge in [0.1, 0.15) is 0 Å². The van der Waals surface area contributed by atoms with Gasteiger partial charge in [-0.05, 0) is 44.5 Å². The summed E-state index contributed by atoms with van der Waals surface area (Å²) in [5, 5.41) is 3.17. The molecule has 0 spiro atoms. The molecule has 1 atom stereocenters. The number of benzene rings is 1. The fraction of sp³-hybridized carbons (Fsp3) is 0.529. The van der Waals surface area contributed by atoms with Gasteiger partial charge in [-0.25, -0.2) is 0 Å². The number of carbonyl (C=O) groups is 2. The van der Waals surface area contributed by atoms with Crippen molar-refractivity contribution in [1.29, 1.82) is 0 Å². The van der Waals surface area contributed by atoms with Gasteiger partial charge in [-0.3, -0.25) is 14.5 Å². The van der Waals surface area contributed by atoms with E-state index in [4.69, 9.17) is 0 Å². The average Bonchev–Trinajstić information content (AvgIpc) is 2.77. The lowest BCUT2D eigenvalue weighted by Gasteiger charge is -2.23. The van der Waals surface area contributed by atoms with Crippen LogP contribution in [-0.2, 0) is 9.59 Å². The van der Waals surface area contributed by atoms with E-state index in [0.717, 1.165) is 5.56 Å². The minimum absolute atomic E-state index is 0.0492. The highest BCUT2D eigenvalue weighted by Gasteiger charge is 2.49. The number of imide groups is 1. The van der Waals surface area contributed by atoms with E-state index in [1.54, 1.807) is 0 Å². The van der Waals surface area contributed by atoms with Crippen molar-refractivity contribution in [1.82, 2.24) is 5.32 Å². The van der Waals surface area contributed by atoms with Crippen LogP contribution in [0.25, 0.3) is 0 Å². The third-order valence-corrected chi connectivity index (χ3v) is 4.83. The first kappa shape index (κ1) is 15.7. The van der Waals surface area contributed by atoms with E-state index in [9.17, 15) is 9.59 Å². The number of anilines is 1. The first-order chi connectivity index (χ1) is 9.99. The zero-order valence-electron chi connectivity index (χ0n) is 13.3. The molecule has 114 valence electrons. The van der Waals surface area contributed by atoms with E-state index in [1.807, 2.05) is 45.2 Å². The van der Waals surface area contributed by atoms with Crippen LogP contribution >= 0.6 is 0 Å². The molecule has 4 heteroatoms. The van der Waals surface area contributed by atoms with Gasteiger partial charge in [0.25, 0.3) is 0 Å². The molecule has 0 saturated carbocycles. The molecule has 1 aromatic rings.